The SMILES string of the molecule is CCCc1ccccc1C(=O)Nc1ccc2[nH]c(=O)n(C)c2c1. The van der Waals surface area contributed by atoms with Crippen molar-refractivity contribution in [3.63, 3.8) is 0 Å². The van der Waals surface area contributed by atoms with Crippen molar-refractivity contribution in [3.8, 4) is 0 Å². The number of hydrogen-bond donors (Lipinski definition) is 2. The standard InChI is InChI=1S/C18H19N3O2/c1-3-6-12-7-4-5-8-14(12)17(22)19-13-9-10-15-16(11-13)21(2)18(23)20-15/h4-5,7-11H,3,6H2,1-2H3,(H,19,22)(H,20,23). The van der Waals surface area contributed by atoms with Crippen molar-refractivity contribution in [2.24, 2.45) is 7.05 Å². The van der Waals surface area contributed by atoms with Gasteiger partial charge in [0.25, 0.3) is 5.91 Å². The molecule has 5 heteroatoms. The van der Waals surface area contributed by atoms with Crippen LogP contribution < -0.4 is 11.0 Å². The Bertz CT molecular complexity index is 921. The van der Waals surface area contributed by atoms with E-state index in [9.17, 15) is 9.59 Å². The number of nitrogens with one attached hydrogen (secondary N) is 2. The Hall–Kier alpha value is -2.82. The fraction of sp³-hybridized carbons (Fsp3) is 0.222. The van der Waals surface area contributed by atoms with Crippen LogP contribution in [0.1, 0.15) is 29.3 Å². The van der Waals surface area contributed by atoms with Crippen molar-refractivity contribution in [1.29, 1.82) is 0 Å². The molecule has 3 aromatic rings. The third-order valence-electron chi connectivity index (χ3n) is 3.94. The molecule has 0 fully saturated rings. The third-order valence-corrected chi connectivity index (χ3v) is 3.94. The molecule has 1 heterocycles. The lowest BCUT2D eigenvalue weighted by molar-refractivity contribution is 0.102. The van der Waals surface area contributed by atoms with Crippen molar-refractivity contribution in [3.05, 3.63) is 64.1 Å². The van der Waals surface area contributed by atoms with Crippen molar-refractivity contribution < 1.29 is 4.79 Å². The van der Waals surface area contributed by atoms with Gasteiger partial charge in [0.15, 0.2) is 0 Å². The smallest absolute Gasteiger partial charge is 0.322 e. The van der Waals surface area contributed by atoms with Crippen LogP contribution in [0.15, 0.2) is 47.3 Å². The van der Waals surface area contributed by atoms with Gasteiger partial charge in [-0.3, -0.25) is 9.36 Å². The summed E-state index contributed by atoms with van der Waals surface area (Å²) in [6.07, 6.45) is 1.86. The maximum Gasteiger partial charge on any atom is 0.326 e. The molecule has 0 saturated heterocycles. The zero-order valence-corrected chi connectivity index (χ0v) is 13.2. The van der Waals surface area contributed by atoms with Gasteiger partial charge < -0.3 is 10.3 Å². The van der Waals surface area contributed by atoms with E-state index in [1.165, 1.54) is 4.57 Å². The number of H-pyrrole nitrogens is 1. The topological polar surface area (TPSA) is 66.9 Å². The van der Waals surface area contributed by atoms with Gasteiger partial charge in [0, 0.05) is 18.3 Å². The fourth-order valence-electron chi connectivity index (χ4n) is 2.73. The van der Waals surface area contributed by atoms with Crippen molar-refractivity contribution in [1.82, 2.24) is 9.55 Å². The molecule has 2 N–H and O–H groups in total. The van der Waals surface area contributed by atoms with E-state index in [-0.39, 0.29) is 11.6 Å². The highest BCUT2D eigenvalue weighted by Gasteiger charge is 2.11. The summed E-state index contributed by atoms with van der Waals surface area (Å²) in [4.78, 5) is 26.9. The average molecular weight is 309 g/mol. The van der Waals surface area contributed by atoms with E-state index in [2.05, 4.69) is 17.2 Å². The minimum atomic E-state index is -0.170. The number of anilines is 1. The Morgan fingerprint density at radius 3 is 2.78 bits per heavy atom. The molecule has 0 radical (unpaired) electrons. The average Bonchev–Trinajstić information content (AvgIpc) is 2.83. The second kappa shape index (κ2) is 6.12. The van der Waals surface area contributed by atoms with Crippen LogP contribution in [0.3, 0.4) is 0 Å². The Labute approximate surface area is 134 Å². The summed E-state index contributed by atoms with van der Waals surface area (Å²) in [7, 11) is 1.70. The molecule has 0 bridgehead atoms. The molecular formula is C18H19N3O2. The maximum absolute atomic E-state index is 12.5. The number of aromatic amines is 1. The summed E-state index contributed by atoms with van der Waals surface area (Å²) in [6, 6.07) is 13.0. The summed E-state index contributed by atoms with van der Waals surface area (Å²) in [5, 5.41) is 2.92. The molecule has 3 rings (SSSR count). The summed E-state index contributed by atoms with van der Waals surface area (Å²) in [5.41, 5.74) is 3.75. The first-order valence-electron chi connectivity index (χ1n) is 7.68. The molecule has 5 nitrogen and oxygen atoms in total. The van der Waals surface area contributed by atoms with Crippen molar-refractivity contribution in [2.75, 3.05) is 5.32 Å². The first kappa shape index (κ1) is 15.1. The Morgan fingerprint density at radius 1 is 1.22 bits per heavy atom. The molecule has 0 unspecified atom stereocenters. The van der Waals surface area contributed by atoms with E-state index in [1.807, 2.05) is 24.3 Å². The van der Waals surface area contributed by atoms with Crippen LogP contribution in [0.4, 0.5) is 5.69 Å². The van der Waals surface area contributed by atoms with Gasteiger partial charge in [-0.05, 0) is 36.2 Å². The maximum atomic E-state index is 12.5. The second-order valence-corrected chi connectivity index (χ2v) is 5.58. The molecule has 2 aromatic carbocycles. The number of benzene rings is 2. The monoisotopic (exact) mass is 309 g/mol. The van der Waals surface area contributed by atoms with Crippen molar-refractivity contribution >= 4 is 22.6 Å². The number of nitrogens with zero attached hydrogens (tertiary/aromatic N) is 1. The number of aromatic nitrogens is 2. The Balaban J connectivity index is 1.91. The normalized spacial score (nSPS) is 10.9. The number of fused-ring (bicyclic) bond motifs is 1. The lowest BCUT2D eigenvalue weighted by Crippen LogP contribution is -2.14. The third kappa shape index (κ3) is 2.90. The highest BCUT2D eigenvalue weighted by Crippen LogP contribution is 2.18. The number of imidazole rings is 1. The molecule has 1 aromatic heterocycles. The van der Waals surface area contributed by atoms with E-state index >= 15 is 0 Å². The van der Waals surface area contributed by atoms with E-state index < -0.39 is 0 Å². The molecule has 0 spiro atoms. The van der Waals surface area contributed by atoms with Gasteiger partial charge in [-0.2, -0.15) is 0 Å². The van der Waals surface area contributed by atoms with Crippen LogP contribution in [0.25, 0.3) is 11.0 Å². The number of aryl methyl sites for hydroxylation is 2. The first-order chi connectivity index (χ1) is 11.1. The molecule has 1 amide bonds. The molecule has 0 aliphatic heterocycles. The van der Waals surface area contributed by atoms with Gasteiger partial charge in [-0.15, -0.1) is 0 Å². The van der Waals surface area contributed by atoms with Gasteiger partial charge in [0.1, 0.15) is 0 Å². The van der Waals surface area contributed by atoms with Gasteiger partial charge in [-0.25, -0.2) is 4.79 Å². The number of carbonyl (C=O) groups excluding carboxylic acids is 1. The Kier molecular flexibility index (Phi) is 4.02. The molecule has 0 aliphatic carbocycles. The summed E-state index contributed by atoms with van der Waals surface area (Å²) < 4.78 is 1.52. The predicted molar refractivity (Wildman–Crippen MR) is 91.9 cm³/mol. The Morgan fingerprint density at radius 2 is 2.00 bits per heavy atom. The van der Waals surface area contributed by atoms with Gasteiger partial charge in [0.2, 0.25) is 0 Å². The van der Waals surface area contributed by atoms with Crippen LogP contribution >= 0.6 is 0 Å². The van der Waals surface area contributed by atoms with Crippen LogP contribution in [-0.4, -0.2) is 15.5 Å². The van der Waals surface area contributed by atoms with Gasteiger partial charge in [0.05, 0.1) is 11.0 Å². The number of rotatable bonds is 4. The summed E-state index contributed by atoms with van der Waals surface area (Å²) in [6.45, 7) is 2.09. The molecule has 0 atom stereocenters. The summed E-state index contributed by atoms with van der Waals surface area (Å²) in [5.74, 6) is -0.131. The van der Waals surface area contributed by atoms with Gasteiger partial charge in [-0.1, -0.05) is 31.5 Å². The first-order valence-corrected chi connectivity index (χ1v) is 7.68. The predicted octanol–water partition coefficient (Wildman–Crippen LogP) is 3.07. The zero-order chi connectivity index (χ0) is 16.4. The minimum absolute atomic E-state index is 0.131. The van der Waals surface area contributed by atoms with Crippen LogP contribution in [0.2, 0.25) is 0 Å². The zero-order valence-electron chi connectivity index (χ0n) is 13.2. The van der Waals surface area contributed by atoms with E-state index in [0.29, 0.717) is 11.3 Å². The second-order valence-electron chi connectivity index (χ2n) is 5.58. The van der Waals surface area contributed by atoms with E-state index in [4.69, 9.17) is 0 Å². The molecule has 0 aliphatic rings. The largest absolute Gasteiger partial charge is 0.326 e. The molecule has 0 saturated carbocycles. The van der Waals surface area contributed by atoms with Crippen molar-refractivity contribution in [2.45, 2.75) is 19.8 Å². The highest BCUT2D eigenvalue weighted by molar-refractivity contribution is 6.06. The number of carbonyl (C=O) groups is 1. The summed E-state index contributed by atoms with van der Waals surface area (Å²) >= 11 is 0. The highest BCUT2D eigenvalue weighted by atomic mass is 16.2. The lowest BCUT2D eigenvalue weighted by atomic mass is 10.0. The number of amides is 1. The molecule has 118 valence electrons. The van der Waals surface area contributed by atoms with Crippen LogP contribution in [0, 0.1) is 0 Å². The minimum Gasteiger partial charge on any atom is -0.322 e. The van der Waals surface area contributed by atoms with Gasteiger partial charge >= 0.3 is 5.69 Å². The molecular weight excluding hydrogens is 290 g/mol. The van der Waals surface area contributed by atoms with Crippen LogP contribution in [-0.2, 0) is 13.5 Å². The van der Waals surface area contributed by atoms with Crippen LogP contribution in [0.5, 0.6) is 0 Å². The number of hydrogen-bond acceptors (Lipinski definition) is 2. The van der Waals surface area contributed by atoms with E-state index in [0.717, 1.165) is 29.4 Å². The quantitative estimate of drug-likeness (QED) is 0.778. The van der Waals surface area contributed by atoms with E-state index in [1.54, 1.807) is 25.2 Å². The molecule has 23 heavy (non-hydrogen) atoms. The fourth-order valence-corrected chi connectivity index (χ4v) is 2.73. The lowest BCUT2D eigenvalue weighted by Gasteiger charge is -2.10.